The molecule has 0 amide bonds. The summed E-state index contributed by atoms with van der Waals surface area (Å²) in [5.74, 6) is 1.58. The largest absolute Gasteiger partial charge is 0.352 e. The van der Waals surface area contributed by atoms with Crippen LogP contribution in [-0.4, -0.2) is 52.4 Å². The molecule has 124 valence electrons. The molecule has 1 N–H and O–H groups in total. The number of nitrogens with zero attached hydrogens (tertiary/aromatic N) is 5. The van der Waals surface area contributed by atoms with E-state index in [-0.39, 0.29) is 11.3 Å². The number of hydrogen-bond acceptors (Lipinski definition) is 6. The molecule has 1 unspecified atom stereocenters. The summed E-state index contributed by atoms with van der Waals surface area (Å²) in [4.78, 5) is 6.55. The third-order valence-corrected chi connectivity index (χ3v) is 6.50. The van der Waals surface area contributed by atoms with E-state index in [1.807, 2.05) is 17.5 Å². The minimum absolute atomic E-state index is 0.0691. The van der Waals surface area contributed by atoms with Crippen molar-refractivity contribution in [3.05, 3.63) is 18.2 Å². The van der Waals surface area contributed by atoms with Crippen molar-refractivity contribution in [3.63, 3.8) is 0 Å². The molecule has 23 heavy (non-hydrogen) atoms. The summed E-state index contributed by atoms with van der Waals surface area (Å²) in [7, 11) is -3.16. The monoisotopic (exact) mass is 336 g/mol. The Bertz CT molecular complexity index is 829. The van der Waals surface area contributed by atoms with E-state index in [0.717, 1.165) is 49.5 Å². The summed E-state index contributed by atoms with van der Waals surface area (Å²) in [6.45, 7) is 3.36. The van der Waals surface area contributed by atoms with Crippen molar-refractivity contribution in [2.75, 3.05) is 18.0 Å². The molecule has 0 aromatic carbocycles. The highest BCUT2D eigenvalue weighted by Gasteiger charge is 2.37. The number of fused-ring (bicyclic) bond motifs is 1. The minimum atomic E-state index is -3.16. The van der Waals surface area contributed by atoms with Crippen LogP contribution in [0.3, 0.4) is 0 Å². The van der Waals surface area contributed by atoms with Gasteiger partial charge < -0.3 is 4.90 Å². The van der Waals surface area contributed by atoms with Gasteiger partial charge in [-0.1, -0.05) is 0 Å². The van der Waals surface area contributed by atoms with Crippen LogP contribution in [0, 0.1) is 6.92 Å². The SMILES string of the molecule is Cc1nnc2c(N3CCCC(NS(=O)(=O)C4CC4)C3)nccn12. The van der Waals surface area contributed by atoms with Crippen LogP contribution >= 0.6 is 0 Å². The molecular formula is C14H20N6O2S. The lowest BCUT2D eigenvalue weighted by molar-refractivity contribution is 0.464. The van der Waals surface area contributed by atoms with Crippen LogP contribution < -0.4 is 9.62 Å². The van der Waals surface area contributed by atoms with Gasteiger partial charge in [0.2, 0.25) is 15.7 Å². The van der Waals surface area contributed by atoms with Gasteiger partial charge in [0.1, 0.15) is 5.82 Å². The van der Waals surface area contributed by atoms with E-state index in [0.29, 0.717) is 6.54 Å². The highest BCUT2D eigenvalue weighted by molar-refractivity contribution is 7.90. The number of aromatic nitrogens is 4. The van der Waals surface area contributed by atoms with Crippen LogP contribution in [0.1, 0.15) is 31.5 Å². The zero-order valence-corrected chi connectivity index (χ0v) is 13.8. The highest BCUT2D eigenvalue weighted by atomic mass is 32.2. The molecule has 2 fully saturated rings. The maximum absolute atomic E-state index is 12.1. The Hall–Kier alpha value is -1.74. The highest BCUT2D eigenvalue weighted by Crippen LogP contribution is 2.29. The third kappa shape index (κ3) is 2.78. The van der Waals surface area contributed by atoms with Gasteiger partial charge in [-0.15, -0.1) is 10.2 Å². The Kier molecular flexibility index (Phi) is 3.49. The fourth-order valence-corrected chi connectivity index (χ4v) is 4.73. The predicted octanol–water partition coefficient (Wildman–Crippen LogP) is 0.483. The fourth-order valence-electron chi connectivity index (χ4n) is 3.12. The van der Waals surface area contributed by atoms with E-state index in [2.05, 4.69) is 24.8 Å². The minimum Gasteiger partial charge on any atom is -0.352 e. The lowest BCUT2D eigenvalue weighted by Gasteiger charge is -2.33. The molecule has 2 aromatic heterocycles. The maximum atomic E-state index is 12.1. The average molecular weight is 336 g/mol. The summed E-state index contributed by atoms with van der Waals surface area (Å²) in [5.41, 5.74) is 0.718. The van der Waals surface area contributed by atoms with Gasteiger partial charge >= 0.3 is 0 Å². The van der Waals surface area contributed by atoms with Crippen molar-refractivity contribution in [1.29, 1.82) is 0 Å². The molecule has 0 spiro atoms. The normalized spacial score (nSPS) is 22.7. The van der Waals surface area contributed by atoms with Crippen LogP contribution in [0.4, 0.5) is 5.82 Å². The first-order valence-electron chi connectivity index (χ1n) is 7.97. The smallest absolute Gasteiger partial charge is 0.214 e. The van der Waals surface area contributed by atoms with Crippen molar-refractivity contribution >= 4 is 21.5 Å². The van der Waals surface area contributed by atoms with Crippen LogP contribution in [0.25, 0.3) is 5.65 Å². The molecule has 8 nitrogen and oxygen atoms in total. The number of nitrogens with one attached hydrogen (secondary N) is 1. The average Bonchev–Trinajstić information content (AvgIpc) is 3.32. The molecule has 1 aliphatic carbocycles. The lowest BCUT2D eigenvalue weighted by atomic mass is 10.1. The summed E-state index contributed by atoms with van der Waals surface area (Å²) >= 11 is 0. The molecule has 1 saturated carbocycles. The van der Waals surface area contributed by atoms with Crippen molar-refractivity contribution < 1.29 is 8.42 Å². The predicted molar refractivity (Wildman–Crippen MR) is 85.8 cm³/mol. The first-order chi connectivity index (χ1) is 11.0. The van der Waals surface area contributed by atoms with Gasteiger partial charge in [-0.25, -0.2) is 18.1 Å². The molecule has 0 radical (unpaired) electrons. The number of anilines is 1. The lowest BCUT2D eigenvalue weighted by Crippen LogP contribution is -2.48. The Balaban J connectivity index is 1.56. The number of sulfonamides is 1. The molecule has 2 aliphatic rings. The number of aryl methyl sites for hydroxylation is 1. The van der Waals surface area contributed by atoms with Gasteiger partial charge in [0.15, 0.2) is 5.82 Å². The second-order valence-corrected chi connectivity index (χ2v) is 8.33. The van der Waals surface area contributed by atoms with E-state index in [4.69, 9.17) is 0 Å². The fraction of sp³-hybridized carbons (Fsp3) is 0.643. The van der Waals surface area contributed by atoms with E-state index in [1.165, 1.54) is 0 Å². The van der Waals surface area contributed by atoms with E-state index >= 15 is 0 Å². The number of piperidine rings is 1. The van der Waals surface area contributed by atoms with E-state index < -0.39 is 10.0 Å². The van der Waals surface area contributed by atoms with Crippen molar-refractivity contribution in [1.82, 2.24) is 24.3 Å². The Morgan fingerprint density at radius 3 is 2.87 bits per heavy atom. The van der Waals surface area contributed by atoms with Crippen molar-refractivity contribution in [2.45, 2.75) is 43.9 Å². The van der Waals surface area contributed by atoms with Gasteiger partial charge in [0.05, 0.1) is 5.25 Å². The van der Waals surface area contributed by atoms with Gasteiger partial charge in [-0.3, -0.25) is 4.40 Å². The molecule has 2 aromatic rings. The van der Waals surface area contributed by atoms with Crippen LogP contribution in [0.2, 0.25) is 0 Å². The Labute approximate surface area is 135 Å². The zero-order chi connectivity index (χ0) is 16.0. The Morgan fingerprint density at radius 2 is 2.09 bits per heavy atom. The number of rotatable bonds is 4. The summed E-state index contributed by atoms with van der Waals surface area (Å²) in [6, 6.07) is -0.0691. The van der Waals surface area contributed by atoms with E-state index in [9.17, 15) is 8.42 Å². The van der Waals surface area contributed by atoms with Crippen molar-refractivity contribution in [2.24, 2.45) is 0 Å². The first-order valence-corrected chi connectivity index (χ1v) is 9.51. The maximum Gasteiger partial charge on any atom is 0.214 e. The summed E-state index contributed by atoms with van der Waals surface area (Å²) in [5, 5.41) is 8.12. The molecule has 9 heteroatoms. The van der Waals surface area contributed by atoms with Crippen LogP contribution in [0.15, 0.2) is 12.4 Å². The van der Waals surface area contributed by atoms with Crippen LogP contribution in [0.5, 0.6) is 0 Å². The summed E-state index contributed by atoms with van der Waals surface area (Å²) in [6.07, 6.45) is 6.92. The standard InChI is InChI=1S/C14H20N6O2S/c1-10-16-17-14-13(15-6-8-20(10)14)19-7-2-3-11(9-19)18-23(21,22)12-4-5-12/h6,8,11-12,18H,2-5,7,9H2,1H3. The van der Waals surface area contributed by atoms with Gasteiger partial charge in [-0.05, 0) is 32.6 Å². The van der Waals surface area contributed by atoms with Gasteiger partial charge in [0, 0.05) is 31.5 Å². The quantitative estimate of drug-likeness (QED) is 0.873. The van der Waals surface area contributed by atoms with Gasteiger partial charge in [0.25, 0.3) is 0 Å². The topological polar surface area (TPSA) is 92.5 Å². The molecule has 0 bridgehead atoms. The molecule has 1 aliphatic heterocycles. The number of hydrogen-bond donors (Lipinski definition) is 1. The molecular weight excluding hydrogens is 316 g/mol. The zero-order valence-electron chi connectivity index (χ0n) is 13.0. The molecule has 1 atom stereocenters. The van der Waals surface area contributed by atoms with E-state index in [1.54, 1.807) is 6.20 Å². The first kappa shape index (κ1) is 14.8. The van der Waals surface area contributed by atoms with Crippen LogP contribution in [-0.2, 0) is 10.0 Å². The third-order valence-electron chi connectivity index (χ3n) is 4.49. The molecule has 1 saturated heterocycles. The second-order valence-electron chi connectivity index (χ2n) is 6.34. The second kappa shape index (κ2) is 5.41. The van der Waals surface area contributed by atoms with Gasteiger partial charge in [-0.2, -0.15) is 0 Å². The Morgan fingerprint density at radius 1 is 1.26 bits per heavy atom. The molecule has 4 rings (SSSR count). The van der Waals surface area contributed by atoms with Crippen molar-refractivity contribution in [3.8, 4) is 0 Å². The molecule has 3 heterocycles. The summed E-state index contributed by atoms with van der Waals surface area (Å²) < 4.78 is 29.1.